The molecule has 0 atom stereocenters. The number of halogens is 2. The van der Waals surface area contributed by atoms with E-state index in [1.807, 2.05) is 24.3 Å². The highest BCUT2D eigenvalue weighted by atomic mass is 35.5. The van der Waals surface area contributed by atoms with Crippen molar-refractivity contribution in [3.8, 4) is 5.75 Å². The van der Waals surface area contributed by atoms with Gasteiger partial charge in [-0.15, -0.1) is 0 Å². The van der Waals surface area contributed by atoms with Crippen LogP contribution in [0.25, 0.3) is 10.8 Å². The molecule has 1 N–H and O–H groups in total. The number of aromatic carboxylic acids is 1. The maximum absolute atomic E-state index is 12.9. The maximum atomic E-state index is 12.9. The van der Waals surface area contributed by atoms with E-state index >= 15 is 0 Å². The molecule has 3 aromatic carbocycles. The van der Waals surface area contributed by atoms with Crippen LogP contribution in [0.5, 0.6) is 5.75 Å². The topological polar surface area (TPSA) is 66.8 Å². The monoisotopic (exact) mass is 429 g/mol. The molecule has 0 spiro atoms. The SMILES string of the molecule is O=C(O)c1cc(OCC(=O)N2CCCc3ccccc32)c2c(Cl)cc(Cl)cc2c1. The number of benzene rings is 3. The summed E-state index contributed by atoms with van der Waals surface area (Å²) in [5.41, 5.74) is 2.05. The minimum Gasteiger partial charge on any atom is -0.483 e. The van der Waals surface area contributed by atoms with Gasteiger partial charge in [0.25, 0.3) is 5.91 Å². The Bertz CT molecular complexity index is 1130. The fourth-order valence-electron chi connectivity index (χ4n) is 3.64. The van der Waals surface area contributed by atoms with Crippen molar-refractivity contribution in [2.75, 3.05) is 18.1 Å². The van der Waals surface area contributed by atoms with Crippen LogP contribution in [0, 0.1) is 0 Å². The van der Waals surface area contributed by atoms with Crippen molar-refractivity contribution in [1.82, 2.24) is 0 Å². The first-order valence-electron chi connectivity index (χ1n) is 9.11. The summed E-state index contributed by atoms with van der Waals surface area (Å²) >= 11 is 12.4. The van der Waals surface area contributed by atoms with Crippen molar-refractivity contribution in [1.29, 1.82) is 0 Å². The van der Waals surface area contributed by atoms with Gasteiger partial charge in [-0.1, -0.05) is 41.4 Å². The Labute approximate surface area is 177 Å². The van der Waals surface area contributed by atoms with Crippen molar-refractivity contribution >= 4 is 51.5 Å². The number of aryl methyl sites for hydroxylation is 1. The van der Waals surface area contributed by atoms with E-state index in [1.54, 1.807) is 17.0 Å². The number of hydrogen-bond donors (Lipinski definition) is 1. The average molecular weight is 430 g/mol. The Balaban J connectivity index is 1.65. The first-order chi connectivity index (χ1) is 13.9. The van der Waals surface area contributed by atoms with Gasteiger partial charge in [0.05, 0.1) is 10.6 Å². The minimum atomic E-state index is -1.11. The number of rotatable bonds is 4. The van der Waals surface area contributed by atoms with E-state index in [2.05, 4.69) is 0 Å². The number of carboxylic acids is 1. The van der Waals surface area contributed by atoms with Crippen LogP contribution < -0.4 is 9.64 Å². The zero-order chi connectivity index (χ0) is 20.5. The lowest BCUT2D eigenvalue weighted by atomic mass is 10.0. The van der Waals surface area contributed by atoms with E-state index < -0.39 is 5.97 Å². The van der Waals surface area contributed by atoms with Gasteiger partial charge >= 0.3 is 5.97 Å². The number of carbonyl (C=O) groups excluding carboxylic acids is 1. The number of carbonyl (C=O) groups is 2. The fraction of sp³-hybridized carbons (Fsp3) is 0.182. The van der Waals surface area contributed by atoms with Crippen LogP contribution in [0.1, 0.15) is 22.3 Å². The van der Waals surface area contributed by atoms with Crippen LogP contribution in [-0.2, 0) is 11.2 Å². The third-order valence-corrected chi connectivity index (χ3v) is 5.46. The molecule has 4 rings (SSSR count). The second-order valence-corrected chi connectivity index (χ2v) is 7.68. The van der Waals surface area contributed by atoms with Gasteiger partial charge in [-0.3, -0.25) is 4.79 Å². The fourth-order valence-corrected chi connectivity index (χ4v) is 4.24. The van der Waals surface area contributed by atoms with Crippen LogP contribution in [0.3, 0.4) is 0 Å². The van der Waals surface area contributed by atoms with Crippen LogP contribution in [-0.4, -0.2) is 30.1 Å². The molecule has 0 saturated heterocycles. The van der Waals surface area contributed by atoms with Crippen LogP contribution >= 0.6 is 23.2 Å². The quantitative estimate of drug-likeness (QED) is 0.618. The highest BCUT2D eigenvalue weighted by Crippen LogP contribution is 2.36. The summed E-state index contributed by atoms with van der Waals surface area (Å²) in [4.78, 5) is 26.1. The average Bonchev–Trinajstić information content (AvgIpc) is 2.70. The Morgan fingerprint density at radius 2 is 1.90 bits per heavy atom. The molecule has 1 aliphatic rings. The summed E-state index contributed by atoms with van der Waals surface area (Å²) in [5.74, 6) is -1.07. The summed E-state index contributed by atoms with van der Waals surface area (Å²) in [5, 5.41) is 11.2. The Morgan fingerprint density at radius 3 is 2.69 bits per heavy atom. The van der Waals surface area contributed by atoms with Crippen molar-refractivity contribution in [3.05, 3.63) is 69.7 Å². The molecular formula is C22H17Cl2NO4. The highest BCUT2D eigenvalue weighted by molar-refractivity contribution is 6.39. The van der Waals surface area contributed by atoms with Crippen molar-refractivity contribution in [3.63, 3.8) is 0 Å². The van der Waals surface area contributed by atoms with Gasteiger partial charge < -0.3 is 14.7 Å². The van der Waals surface area contributed by atoms with E-state index in [0.717, 1.165) is 24.1 Å². The zero-order valence-corrected chi connectivity index (χ0v) is 16.8. The van der Waals surface area contributed by atoms with Gasteiger partial charge in [0.2, 0.25) is 0 Å². The molecule has 1 amide bonds. The predicted octanol–water partition coefficient (Wildman–Crippen LogP) is 5.20. The van der Waals surface area contributed by atoms with E-state index in [4.69, 9.17) is 27.9 Å². The standard InChI is InChI=1S/C22H17Cl2NO4/c23-16-9-14-8-15(22(27)28)10-19(21(14)17(24)11-16)29-12-20(26)25-7-3-5-13-4-1-2-6-18(13)25/h1-2,4,6,8-11H,3,5,7,12H2,(H,27,28). The molecule has 0 saturated carbocycles. The maximum Gasteiger partial charge on any atom is 0.335 e. The molecule has 0 fully saturated rings. The third-order valence-electron chi connectivity index (χ3n) is 4.94. The Hall–Kier alpha value is -2.76. The number of fused-ring (bicyclic) bond motifs is 2. The second-order valence-electron chi connectivity index (χ2n) is 6.83. The number of nitrogens with zero attached hydrogens (tertiary/aromatic N) is 1. The van der Waals surface area contributed by atoms with Crippen molar-refractivity contribution in [2.24, 2.45) is 0 Å². The van der Waals surface area contributed by atoms with Gasteiger partial charge in [-0.2, -0.15) is 0 Å². The normalized spacial score (nSPS) is 13.2. The molecule has 0 aliphatic carbocycles. The molecule has 0 unspecified atom stereocenters. The van der Waals surface area contributed by atoms with Crippen LogP contribution in [0.15, 0.2) is 48.5 Å². The van der Waals surface area contributed by atoms with Gasteiger partial charge in [0.1, 0.15) is 5.75 Å². The van der Waals surface area contributed by atoms with E-state index in [1.165, 1.54) is 12.1 Å². The number of carboxylic acid groups (broad SMARTS) is 1. The molecule has 0 bridgehead atoms. The lowest BCUT2D eigenvalue weighted by Crippen LogP contribution is -2.38. The molecule has 1 aliphatic heterocycles. The Kier molecular flexibility index (Phi) is 5.35. The number of hydrogen-bond acceptors (Lipinski definition) is 3. The predicted molar refractivity (Wildman–Crippen MR) is 114 cm³/mol. The van der Waals surface area contributed by atoms with Gasteiger partial charge in [-0.25, -0.2) is 4.79 Å². The number of anilines is 1. The number of ether oxygens (including phenoxy) is 1. The molecule has 0 aromatic heterocycles. The molecule has 7 heteroatoms. The van der Waals surface area contributed by atoms with Gasteiger partial charge in [0, 0.05) is 22.6 Å². The summed E-state index contributed by atoms with van der Waals surface area (Å²) in [6, 6.07) is 13.8. The molecule has 3 aromatic rings. The molecule has 148 valence electrons. The van der Waals surface area contributed by atoms with Crippen LogP contribution in [0.4, 0.5) is 5.69 Å². The largest absolute Gasteiger partial charge is 0.483 e. The highest BCUT2D eigenvalue weighted by Gasteiger charge is 2.23. The minimum absolute atomic E-state index is 0.0293. The Morgan fingerprint density at radius 1 is 1.10 bits per heavy atom. The number of amides is 1. The van der Waals surface area contributed by atoms with E-state index in [-0.39, 0.29) is 23.8 Å². The third kappa shape index (κ3) is 3.88. The summed E-state index contributed by atoms with van der Waals surface area (Å²) in [7, 11) is 0. The summed E-state index contributed by atoms with van der Waals surface area (Å²) in [6.07, 6.45) is 1.81. The molecule has 0 radical (unpaired) electrons. The van der Waals surface area contributed by atoms with Crippen LogP contribution in [0.2, 0.25) is 10.0 Å². The first kappa shape index (κ1) is 19.6. The van der Waals surface area contributed by atoms with E-state index in [9.17, 15) is 14.7 Å². The lowest BCUT2D eigenvalue weighted by molar-refractivity contribution is -0.120. The summed E-state index contributed by atoms with van der Waals surface area (Å²) < 4.78 is 5.78. The second kappa shape index (κ2) is 7.93. The first-order valence-corrected chi connectivity index (χ1v) is 9.87. The number of para-hydroxylation sites is 1. The zero-order valence-electron chi connectivity index (χ0n) is 15.3. The lowest BCUT2D eigenvalue weighted by Gasteiger charge is -2.29. The van der Waals surface area contributed by atoms with Gasteiger partial charge in [0.15, 0.2) is 6.61 Å². The molecular weight excluding hydrogens is 413 g/mol. The van der Waals surface area contributed by atoms with E-state index in [0.29, 0.717) is 27.4 Å². The van der Waals surface area contributed by atoms with Gasteiger partial charge in [-0.05, 0) is 54.1 Å². The van der Waals surface area contributed by atoms with Crippen molar-refractivity contribution < 1.29 is 19.4 Å². The molecule has 5 nitrogen and oxygen atoms in total. The molecule has 1 heterocycles. The van der Waals surface area contributed by atoms with Crippen molar-refractivity contribution in [2.45, 2.75) is 12.8 Å². The molecule has 29 heavy (non-hydrogen) atoms. The summed E-state index contributed by atoms with van der Waals surface area (Å²) in [6.45, 7) is 0.386. The smallest absolute Gasteiger partial charge is 0.335 e.